The highest BCUT2D eigenvalue weighted by Crippen LogP contribution is 2.33. The van der Waals surface area contributed by atoms with Crippen molar-refractivity contribution in [2.24, 2.45) is 5.73 Å². The van der Waals surface area contributed by atoms with Crippen LogP contribution in [0.25, 0.3) is 0 Å². The highest BCUT2D eigenvalue weighted by Gasteiger charge is 2.37. The Hall–Kier alpha value is -2.33. The normalized spacial score (nSPS) is 17.6. The Balaban J connectivity index is 1.71. The van der Waals surface area contributed by atoms with Gasteiger partial charge in [-0.25, -0.2) is 4.79 Å². The average molecular weight is 309 g/mol. The summed E-state index contributed by atoms with van der Waals surface area (Å²) in [5.41, 5.74) is 7.55. The van der Waals surface area contributed by atoms with Crippen molar-refractivity contribution in [1.82, 2.24) is 10.2 Å². The lowest BCUT2D eigenvalue weighted by atomic mass is 9.81. The van der Waals surface area contributed by atoms with Gasteiger partial charge in [-0.15, -0.1) is 0 Å². The molecule has 0 atom stereocenters. The van der Waals surface area contributed by atoms with E-state index in [2.05, 4.69) is 46.6 Å². The van der Waals surface area contributed by atoms with E-state index in [1.165, 1.54) is 5.56 Å². The zero-order valence-electron chi connectivity index (χ0n) is 13.2. The fourth-order valence-electron chi connectivity index (χ4n) is 3.41. The molecule has 4 nitrogen and oxygen atoms in total. The zero-order chi connectivity index (χ0) is 16.1. The van der Waals surface area contributed by atoms with Crippen LogP contribution in [0.15, 0.2) is 60.7 Å². The summed E-state index contributed by atoms with van der Waals surface area (Å²) in [6, 6.07) is 20.2. The molecule has 0 saturated carbocycles. The summed E-state index contributed by atoms with van der Waals surface area (Å²) in [6.45, 7) is 2.82. The Kier molecular flexibility index (Phi) is 4.63. The van der Waals surface area contributed by atoms with E-state index in [-0.39, 0.29) is 5.54 Å². The van der Waals surface area contributed by atoms with Gasteiger partial charge in [-0.05, 0) is 24.0 Å². The van der Waals surface area contributed by atoms with Crippen LogP contribution in [0.3, 0.4) is 0 Å². The van der Waals surface area contributed by atoms with Gasteiger partial charge in [0.1, 0.15) is 0 Å². The molecule has 0 bridgehead atoms. The van der Waals surface area contributed by atoms with Gasteiger partial charge in [0.2, 0.25) is 0 Å². The van der Waals surface area contributed by atoms with Gasteiger partial charge in [0.25, 0.3) is 0 Å². The molecule has 1 saturated heterocycles. The van der Waals surface area contributed by atoms with Gasteiger partial charge in [0.15, 0.2) is 0 Å². The van der Waals surface area contributed by atoms with E-state index >= 15 is 0 Å². The minimum absolute atomic E-state index is 0.347. The van der Waals surface area contributed by atoms with Gasteiger partial charge in [-0.2, -0.15) is 0 Å². The quantitative estimate of drug-likeness (QED) is 0.912. The molecule has 2 aromatic rings. The first-order valence-electron chi connectivity index (χ1n) is 8.07. The number of likely N-dealkylation sites (tertiary alicyclic amines) is 1. The molecule has 3 rings (SSSR count). The third-order valence-electron chi connectivity index (χ3n) is 4.65. The highest BCUT2D eigenvalue weighted by molar-refractivity contribution is 5.73. The molecular weight excluding hydrogens is 286 g/mol. The van der Waals surface area contributed by atoms with Crippen LogP contribution in [0, 0.1) is 0 Å². The van der Waals surface area contributed by atoms with Crippen molar-refractivity contribution in [2.75, 3.05) is 13.1 Å². The van der Waals surface area contributed by atoms with Gasteiger partial charge < -0.3 is 11.1 Å². The summed E-state index contributed by atoms with van der Waals surface area (Å²) in [5, 5.41) is 3.01. The zero-order valence-corrected chi connectivity index (χ0v) is 13.2. The molecule has 1 aliphatic heterocycles. The topological polar surface area (TPSA) is 58.4 Å². The highest BCUT2D eigenvalue weighted by atomic mass is 16.2. The summed E-state index contributed by atoms with van der Waals surface area (Å²) in [7, 11) is 0. The molecule has 3 N–H and O–H groups in total. The SMILES string of the molecule is NC(=O)NC1(c2ccccc2)CCN(Cc2ccccc2)CC1. The van der Waals surface area contributed by atoms with Crippen molar-refractivity contribution < 1.29 is 4.79 Å². The lowest BCUT2D eigenvalue weighted by Gasteiger charge is -2.42. The first kappa shape index (κ1) is 15.6. The van der Waals surface area contributed by atoms with E-state index in [9.17, 15) is 4.79 Å². The lowest BCUT2D eigenvalue weighted by Crippen LogP contribution is -2.54. The molecule has 2 aromatic carbocycles. The molecule has 1 heterocycles. The maximum atomic E-state index is 11.5. The molecular formula is C19H23N3O. The predicted octanol–water partition coefficient (Wildman–Crippen LogP) is 2.85. The molecule has 23 heavy (non-hydrogen) atoms. The fraction of sp³-hybridized carbons (Fsp3) is 0.316. The van der Waals surface area contributed by atoms with Gasteiger partial charge in [0.05, 0.1) is 5.54 Å². The Bertz CT molecular complexity index is 634. The van der Waals surface area contributed by atoms with Crippen LogP contribution >= 0.6 is 0 Å². The number of hydrogen-bond acceptors (Lipinski definition) is 2. The van der Waals surface area contributed by atoms with Crippen molar-refractivity contribution in [1.29, 1.82) is 0 Å². The van der Waals surface area contributed by atoms with Crippen LogP contribution in [0.2, 0.25) is 0 Å². The Morgan fingerprint density at radius 3 is 2.13 bits per heavy atom. The molecule has 1 fully saturated rings. The van der Waals surface area contributed by atoms with E-state index in [4.69, 9.17) is 5.73 Å². The second-order valence-corrected chi connectivity index (χ2v) is 6.20. The number of benzene rings is 2. The first-order valence-corrected chi connectivity index (χ1v) is 8.07. The molecule has 1 aliphatic rings. The largest absolute Gasteiger partial charge is 0.352 e. The van der Waals surface area contributed by atoms with E-state index < -0.39 is 6.03 Å². The van der Waals surface area contributed by atoms with Crippen LogP contribution < -0.4 is 11.1 Å². The first-order chi connectivity index (χ1) is 11.2. The number of urea groups is 1. The second-order valence-electron chi connectivity index (χ2n) is 6.20. The number of piperidine rings is 1. The Morgan fingerprint density at radius 2 is 1.57 bits per heavy atom. The van der Waals surface area contributed by atoms with Crippen LogP contribution in [0.1, 0.15) is 24.0 Å². The molecule has 4 heteroatoms. The van der Waals surface area contributed by atoms with E-state index in [0.717, 1.165) is 38.0 Å². The van der Waals surface area contributed by atoms with Crippen molar-refractivity contribution in [2.45, 2.75) is 24.9 Å². The van der Waals surface area contributed by atoms with Crippen LogP contribution in [0.4, 0.5) is 4.79 Å². The maximum absolute atomic E-state index is 11.5. The molecule has 0 aromatic heterocycles. The minimum Gasteiger partial charge on any atom is -0.352 e. The minimum atomic E-state index is -0.453. The number of nitrogens with one attached hydrogen (secondary N) is 1. The number of carbonyl (C=O) groups is 1. The van der Waals surface area contributed by atoms with Gasteiger partial charge in [-0.1, -0.05) is 60.7 Å². The van der Waals surface area contributed by atoms with E-state index in [1.54, 1.807) is 0 Å². The van der Waals surface area contributed by atoms with Crippen LogP contribution in [-0.2, 0) is 12.1 Å². The molecule has 0 spiro atoms. The summed E-state index contributed by atoms with van der Waals surface area (Å²) in [6.07, 6.45) is 1.74. The van der Waals surface area contributed by atoms with E-state index in [0.29, 0.717) is 0 Å². The average Bonchev–Trinajstić information content (AvgIpc) is 2.58. The van der Waals surface area contributed by atoms with Gasteiger partial charge in [-0.3, -0.25) is 4.90 Å². The third-order valence-corrected chi connectivity index (χ3v) is 4.65. The number of hydrogen-bond donors (Lipinski definition) is 2. The van der Waals surface area contributed by atoms with Crippen molar-refractivity contribution >= 4 is 6.03 Å². The number of nitrogens with zero attached hydrogens (tertiary/aromatic N) is 1. The maximum Gasteiger partial charge on any atom is 0.312 e. The van der Waals surface area contributed by atoms with Crippen LogP contribution in [-0.4, -0.2) is 24.0 Å². The van der Waals surface area contributed by atoms with Crippen molar-refractivity contribution in [3.8, 4) is 0 Å². The lowest BCUT2D eigenvalue weighted by molar-refractivity contribution is 0.133. The summed E-state index contributed by atoms with van der Waals surface area (Å²) in [5.74, 6) is 0. The molecule has 2 amide bonds. The van der Waals surface area contributed by atoms with Crippen molar-refractivity contribution in [3.63, 3.8) is 0 Å². The number of amides is 2. The second kappa shape index (κ2) is 6.84. The third kappa shape index (κ3) is 3.71. The molecule has 0 unspecified atom stereocenters. The molecule has 0 radical (unpaired) electrons. The van der Waals surface area contributed by atoms with Gasteiger partial charge >= 0.3 is 6.03 Å². The fourth-order valence-corrected chi connectivity index (χ4v) is 3.41. The molecule has 0 aliphatic carbocycles. The Labute approximate surface area is 137 Å². The number of carbonyl (C=O) groups excluding carboxylic acids is 1. The summed E-state index contributed by atoms with van der Waals surface area (Å²) in [4.78, 5) is 13.9. The number of rotatable bonds is 4. The monoisotopic (exact) mass is 309 g/mol. The molecule has 120 valence electrons. The van der Waals surface area contributed by atoms with Crippen LogP contribution in [0.5, 0.6) is 0 Å². The van der Waals surface area contributed by atoms with Gasteiger partial charge in [0, 0.05) is 19.6 Å². The number of primary amides is 1. The van der Waals surface area contributed by atoms with E-state index in [1.807, 2.05) is 24.3 Å². The smallest absolute Gasteiger partial charge is 0.312 e. The Morgan fingerprint density at radius 1 is 1.00 bits per heavy atom. The number of nitrogens with two attached hydrogens (primary N) is 1. The standard InChI is InChI=1S/C19H23N3O/c20-18(23)21-19(17-9-5-2-6-10-17)11-13-22(14-12-19)15-16-7-3-1-4-8-16/h1-10H,11-15H2,(H3,20,21,23). The van der Waals surface area contributed by atoms with Crippen molar-refractivity contribution in [3.05, 3.63) is 71.8 Å². The summed E-state index contributed by atoms with van der Waals surface area (Å²) >= 11 is 0. The predicted molar refractivity (Wildman–Crippen MR) is 91.8 cm³/mol. The summed E-state index contributed by atoms with van der Waals surface area (Å²) < 4.78 is 0.